The van der Waals surface area contributed by atoms with E-state index in [4.69, 9.17) is 14.2 Å². The van der Waals surface area contributed by atoms with E-state index >= 15 is 4.39 Å². The smallest absolute Gasteiger partial charge is 0.240 e. The van der Waals surface area contributed by atoms with Crippen LogP contribution in [-0.4, -0.2) is 42.6 Å². The van der Waals surface area contributed by atoms with Crippen molar-refractivity contribution in [1.82, 2.24) is 10.3 Å². The quantitative estimate of drug-likeness (QED) is 0.149. The number of hydrogen-bond acceptors (Lipinski definition) is 7. The highest BCUT2D eigenvalue weighted by atomic mass is 19.1. The summed E-state index contributed by atoms with van der Waals surface area (Å²) in [5.74, 6) is 1.02. The van der Waals surface area contributed by atoms with Crippen molar-refractivity contribution in [1.29, 1.82) is 0 Å². The van der Waals surface area contributed by atoms with Gasteiger partial charge in [-0.15, -0.1) is 0 Å². The predicted molar refractivity (Wildman–Crippen MR) is 168 cm³/mol. The van der Waals surface area contributed by atoms with E-state index in [0.29, 0.717) is 53.3 Å². The molecule has 0 radical (unpaired) electrons. The van der Waals surface area contributed by atoms with E-state index in [1.807, 2.05) is 18.2 Å². The lowest BCUT2D eigenvalue weighted by Crippen LogP contribution is -2.38. The third-order valence-corrected chi connectivity index (χ3v) is 8.87. The fourth-order valence-corrected chi connectivity index (χ4v) is 5.40. The average molecular weight is 611 g/mol. The van der Waals surface area contributed by atoms with Crippen LogP contribution in [0.5, 0.6) is 23.0 Å². The molecular formula is C35H35FN4O5. The molecule has 3 aromatic carbocycles. The number of benzene rings is 3. The maximum atomic E-state index is 15.2. The number of para-hydroxylation sites is 1. The van der Waals surface area contributed by atoms with Gasteiger partial charge in [0.25, 0.3) is 0 Å². The van der Waals surface area contributed by atoms with Crippen LogP contribution < -0.4 is 30.2 Å². The van der Waals surface area contributed by atoms with E-state index < -0.39 is 23.0 Å². The van der Waals surface area contributed by atoms with Gasteiger partial charge in [0.15, 0.2) is 11.5 Å². The molecule has 3 saturated carbocycles. The molecule has 1 heterocycles. The SMILES string of the molecule is COc1cc2c(Oc3ccc(NC(=O)C4(C(=O)Nc5ccccc5)CC4)c(F)c3)ccnc2cc1OCC1(NCC2CC2)CC1. The first kappa shape index (κ1) is 29.0. The number of nitrogens with one attached hydrogen (secondary N) is 3. The van der Waals surface area contributed by atoms with E-state index in [1.165, 1.54) is 25.0 Å². The van der Waals surface area contributed by atoms with Crippen LogP contribution in [0.15, 0.2) is 72.9 Å². The summed E-state index contributed by atoms with van der Waals surface area (Å²) in [6, 6.07) is 18.4. The number of carbonyl (C=O) groups excluding carboxylic acids is 2. The van der Waals surface area contributed by atoms with Crippen LogP contribution in [0.25, 0.3) is 10.9 Å². The Morgan fingerprint density at radius 2 is 1.69 bits per heavy atom. The Hall–Kier alpha value is -4.70. The molecule has 0 atom stereocenters. The molecular weight excluding hydrogens is 575 g/mol. The van der Waals surface area contributed by atoms with Gasteiger partial charge >= 0.3 is 0 Å². The molecule has 3 aliphatic carbocycles. The Balaban J connectivity index is 1.03. The molecule has 3 fully saturated rings. The van der Waals surface area contributed by atoms with Gasteiger partial charge in [-0.3, -0.25) is 14.6 Å². The van der Waals surface area contributed by atoms with Crippen LogP contribution >= 0.6 is 0 Å². The zero-order chi connectivity index (χ0) is 31.0. The summed E-state index contributed by atoms with van der Waals surface area (Å²) in [5.41, 5.74) is 0.0230. The van der Waals surface area contributed by atoms with E-state index in [0.717, 1.165) is 25.3 Å². The largest absolute Gasteiger partial charge is 0.493 e. The number of halogens is 1. The van der Waals surface area contributed by atoms with Crippen LogP contribution in [0.4, 0.5) is 15.8 Å². The Morgan fingerprint density at radius 1 is 0.911 bits per heavy atom. The number of ether oxygens (including phenoxy) is 3. The minimum atomic E-state index is -1.22. The van der Waals surface area contributed by atoms with Gasteiger partial charge in [0.05, 0.1) is 23.9 Å². The zero-order valence-corrected chi connectivity index (χ0v) is 25.0. The van der Waals surface area contributed by atoms with Crippen molar-refractivity contribution < 1.29 is 28.2 Å². The van der Waals surface area contributed by atoms with Gasteiger partial charge in [-0.05, 0) is 87.4 Å². The molecule has 0 bridgehead atoms. The molecule has 1 aromatic heterocycles. The van der Waals surface area contributed by atoms with E-state index in [-0.39, 0.29) is 17.0 Å². The highest BCUT2D eigenvalue weighted by Crippen LogP contribution is 2.48. The lowest BCUT2D eigenvalue weighted by atomic mass is 10.0. The van der Waals surface area contributed by atoms with Gasteiger partial charge in [0, 0.05) is 29.4 Å². The maximum Gasteiger partial charge on any atom is 0.240 e. The average Bonchev–Trinajstić information content (AvgIpc) is 3.91. The number of hydrogen-bond donors (Lipinski definition) is 3. The van der Waals surface area contributed by atoms with E-state index in [9.17, 15) is 9.59 Å². The Bertz CT molecular complexity index is 1750. The fourth-order valence-electron chi connectivity index (χ4n) is 5.40. The van der Waals surface area contributed by atoms with Crippen LogP contribution in [-0.2, 0) is 9.59 Å². The number of nitrogens with zero attached hydrogens (tertiary/aromatic N) is 1. The van der Waals surface area contributed by atoms with Crippen molar-refractivity contribution in [2.75, 3.05) is 30.9 Å². The fraction of sp³-hybridized carbons (Fsp3) is 0.343. The summed E-state index contributed by atoms with van der Waals surface area (Å²) in [4.78, 5) is 30.4. The Kier molecular flexibility index (Phi) is 7.53. The molecule has 0 aliphatic heterocycles. The van der Waals surface area contributed by atoms with Gasteiger partial charge < -0.3 is 30.2 Å². The number of methoxy groups -OCH3 is 1. The highest BCUT2D eigenvalue weighted by molar-refractivity contribution is 6.17. The second-order valence-corrected chi connectivity index (χ2v) is 12.3. The Morgan fingerprint density at radius 3 is 2.38 bits per heavy atom. The molecule has 0 unspecified atom stereocenters. The number of pyridine rings is 1. The first-order chi connectivity index (χ1) is 21.9. The predicted octanol–water partition coefficient (Wildman–Crippen LogP) is 6.44. The van der Waals surface area contributed by atoms with Gasteiger partial charge in [-0.25, -0.2) is 4.39 Å². The van der Waals surface area contributed by atoms with Crippen molar-refractivity contribution in [3.05, 3.63) is 78.7 Å². The molecule has 4 aromatic rings. The van der Waals surface area contributed by atoms with Crippen LogP contribution in [0.2, 0.25) is 0 Å². The summed E-state index contributed by atoms with van der Waals surface area (Å²) in [6.07, 6.45) is 7.21. The number of fused-ring (bicyclic) bond motifs is 1. The molecule has 3 aliphatic rings. The third-order valence-electron chi connectivity index (χ3n) is 8.87. The second kappa shape index (κ2) is 11.7. The van der Waals surface area contributed by atoms with Crippen molar-refractivity contribution in [2.24, 2.45) is 11.3 Å². The lowest BCUT2D eigenvalue weighted by molar-refractivity contribution is -0.131. The minimum absolute atomic E-state index is 0.0322. The summed E-state index contributed by atoms with van der Waals surface area (Å²) in [6.45, 7) is 1.60. The zero-order valence-electron chi connectivity index (χ0n) is 25.0. The highest BCUT2D eigenvalue weighted by Gasteiger charge is 2.56. The molecule has 232 valence electrons. The monoisotopic (exact) mass is 610 g/mol. The molecule has 2 amide bonds. The summed E-state index contributed by atoms with van der Waals surface area (Å²) in [5, 5.41) is 9.72. The van der Waals surface area contributed by atoms with Gasteiger partial charge in [-0.1, -0.05) is 18.2 Å². The topological polar surface area (TPSA) is 111 Å². The van der Waals surface area contributed by atoms with Crippen LogP contribution in [0.1, 0.15) is 38.5 Å². The van der Waals surface area contributed by atoms with E-state index in [2.05, 4.69) is 20.9 Å². The van der Waals surface area contributed by atoms with Crippen molar-refractivity contribution in [3.63, 3.8) is 0 Å². The summed E-state index contributed by atoms with van der Waals surface area (Å²) >= 11 is 0. The summed E-state index contributed by atoms with van der Waals surface area (Å²) in [7, 11) is 1.59. The van der Waals surface area contributed by atoms with Crippen molar-refractivity contribution in [2.45, 2.75) is 44.1 Å². The molecule has 45 heavy (non-hydrogen) atoms. The molecule has 7 rings (SSSR count). The first-order valence-electron chi connectivity index (χ1n) is 15.4. The van der Waals surface area contributed by atoms with Gasteiger partial charge in [-0.2, -0.15) is 0 Å². The number of aromatic nitrogens is 1. The van der Waals surface area contributed by atoms with Gasteiger partial charge in [0.1, 0.15) is 29.3 Å². The maximum absolute atomic E-state index is 15.2. The molecule has 10 heteroatoms. The first-order valence-corrected chi connectivity index (χ1v) is 15.4. The Labute approximate surface area is 260 Å². The van der Waals surface area contributed by atoms with Crippen LogP contribution in [0, 0.1) is 17.2 Å². The van der Waals surface area contributed by atoms with E-state index in [1.54, 1.807) is 49.7 Å². The number of amides is 2. The third kappa shape index (κ3) is 6.28. The lowest BCUT2D eigenvalue weighted by Gasteiger charge is -2.20. The molecule has 0 saturated heterocycles. The molecule has 0 spiro atoms. The van der Waals surface area contributed by atoms with Crippen LogP contribution in [0.3, 0.4) is 0 Å². The molecule has 3 N–H and O–H groups in total. The standard InChI is InChI=1S/C35H35FN4O5/c1-43-30-18-25-28(19-31(30)44-21-34(12-13-34)38-20-22-7-8-22)37-16-11-29(25)45-24-9-10-27(26(36)17-24)40-33(42)35(14-15-35)32(41)39-23-5-3-2-4-6-23/h2-6,9-11,16-19,22,38H,7-8,12-15,20-21H2,1H3,(H,39,41)(H,40,42). The number of anilines is 2. The van der Waals surface area contributed by atoms with Crippen molar-refractivity contribution in [3.8, 4) is 23.0 Å². The minimum Gasteiger partial charge on any atom is -0.493 e. The molecule has 9 nitrogen and oxygen atoms in total. The van der Waals surface area contributed by atoms with Gasteiger partial charge in [0.2, 0.25) is 11.8 Å². The number of rotatable bonds is 13. The normalized spacial score (nSPS) is 17.3. The summed E-state index contributed by atoms with van der Waals surface area (Å²) < 4.78 is 33.2. The number of carbonyl (C=O) groups is 2. The second-order valence-electron chi connectivity index (χ2n) is 12.3. The van der Waals surface area contributed by atoms with Crippen molar-refractivity contribution >= 4 is 34.1 Å².